The van der Waals surface area contributed by atoms with Crippen LogP contribution < -0.4 is 9.16 Å². The first-order chi connectivity index (χ1) is 17.1. The van der Waals surface area contributed by atoms with E-state index in [2.05, 4.69) is 72.7 Å². The fourth-order valence-corrected chi connectivity index (χ4v) is 11.3. The van der Waals surface area contributed by atoms with Crippen LogP contribution in [0.5, 0.6) is 11.5 Å². The molecular weight excluding hydrogens is 464 g/mol. The van der Waals surface area contributed by atoms with Crippen LogP contribution in [0.15, 0.2) is 47.6 Å². The topological polar surface area (TPSA) is 51.1 Å². The monoisotopic (exact) mass is 504 g/mol. The average Bonchev–Trinajstić information content (AvgIpc) is 3.24. The van der Waals surface area contributed by atoms with Crippen molar-refractivity contribution in [1.29, 1.82) is 0 Å². The van der Waals surface area contributed by atoms with Gasteiger partial charge >= 0.3 is 0 Å². The minimum Gasteiger partial charge on any atom is -0.540 e. The third-order valence-electron chi connectivity index (χ3n) is 7.94. The summed E-state index contributed by atoms with van der Waals surface area (Å²) in [5.41, 5.74) is 6.07. The third kappa shape index (κ3) is 4.52. The van der Waals surface area contributed by atoms with Crippen molar-refractivity contribution in [2.75, 3.05) is 7.11 Å². The highest BCUT2D eigenvalue weighted by Gasteiger charge is 2.47. The molecule has 192 valence electrons. The Bertz CT molecular complexity index is 1160. The van der Waals surface area contributed by atoms with Crippen LogP contribution in [0.25, 0.3) is 5.57 Å². The SMILES string of the molecule is CCc1ccc(C2=CN3C(=O)c4cc(OC)c(O[Si](C(C)C)(C(C)C)C(C)C)cc4N=C[C@@H]3C2)cc1. The number of carbonyl (C=O) groups excluding carboxylic acids is 1. The molecule has 36 heavy (non-hydrogen) atoms. The van der Waals surface area contributed by atoms with E-state index in [1.165, 1.54) is 5.56 Å². The number of methoxy groups -OCH3 is 1. The van der Waals surface area contributed by atoms with E-state index < -0.39 is 8.32 Å². The number of rotatable bonds is 8. The van der Waals surface area contributed by atoms with Crippen molar-refractivity contribution in [2.45, 2.75) is 84.0 Å². The molecule has 5 nitrogen and oxygen atoms in total. The quantitative estimate of drug-likeness (QED) is 0.345. The molecule has 2 aromatic carbocycles. The number of carbonyl (C=O) groups is 1. The first-order valence-corrected chi connectivity index (χ1v) is 15.3. The Morgan fingerprint density at radius 3 is 2.19 bits per heavy atom. The summed E-state index contributed by atoms with van der Waals surface area (Å²) < 4.78 is 12.7. The molecular formula is C30H40N2O3Si. The number of fused-ring (bicyclic) bond motifs is 2. The zero-order valence-electron chi connectivity index (χ0n) is 23.0. The number of aliphatic imine (C=N–C) groups is 1. The Labute approximate surface area is 217 Å². The molecule has 1 amide bonds. The lowest BCUT2D eigenvalue weighted by Gasteiger charge is -2.42. The minimum absolute atomic E-state index is 0.0578. The molecule has 0 saturated carbocycles. The number of aryl methyl sites for hydroxylation is 1. The van der Waals surface area contributed by atoms with Gasteiger partial charge in [0, 0.05) is 24.9 Å². The number of ether oxygens (including phenoxy) is 1. The van der Waals surface area contributed by atoms with E-state index in [0.29, 0.717) is 39.4 Å². The summed E-state index contributed by atoms with van der Waals surface area (Å²) in [6.45, 7) is 15.7. The standard InChI is InChI=1S/C30H40N2O3Si/c1-9-22-10-12-23(13-11-22)24-14-25-17-31-27-16-29(35-36(19(2)3,20(4)5)21(6)7)28(34-8)15-26(27)30(33)32(25)18-24/h10-13,15-21,25H,9,14H2,1-8H3/t25-/m0/s1. The Hall–Kier alpha value is -2.86. The second-order valence-corrected chi connectivity index (χ2v) is 16.3. The maximum atomic E-state index is 13.7. The molecule has 4 rings (SSSR count). The summed E-state index contributed by atoms with van der Waals surface area (Å²) in [5.74, 6) is 1.23. The van der Waals surface area contributed by atoms with E-state index in [0.717, 1.165) is 24.0 Å². The summed E-state index contributed by atoms with van der Waals surface area (Å²) in [4.78, 5) is 20.3. The molecule has 2 aliphatic rings. The zero-order chi connectivity index (χ0) is 26.2. The molecule has 0 bridgehead atoms. The first-order valence-electron chi connectivity index (χ1n) is 13.2. The van der Waals surface area contributed by atoms with Crippen LogP contribution in [0, 0.1) is 0 Å². The summed E-state index contributed by atoms with van der Waals surface area (Å²) >= 11 is 0. The van der Waals surface area contributed by atoms with Gasteiger partial charge in [-0.1, -0.05) is 72.7 Å². The highest BCUT2D eigenvalue weighted by molar-refractivity contribution is 6.78. The number of benzene rings is 2. The van der Waals surface area contributed by atoms with Crippen LogP contribution in [0.1, 0.15) is 76.4 Å². The summed E-state index contributed by atoms with van der Waals surface area (Å²) in [7, 11) is -0.566. The molecule has 0 saturated heterocycles. The summed E-state index contributed by atoms with van der Waals surface area (Å²) in [6.07, 6.45) is 5.65. The molecule has 0 aliphatic carbocycles. The molecule has 6 heteroatoms. The van der Waals surface area contributed by atoms with Crippen LogP contribution in [0.3, 0.4) is 0 Å². The second-order valence-electron chi connectivity index (χ2n) is 10.9. The van der Waals surface area contributed by atoms with Crippen LogP contribution in [0.2, 0.25) is 16.6 Å². The highest BCUT2D eigenvalue weighted by Crippen LogP contribution is 2.47. The van der Waals surface area contributed by atoms with Crippen molar-refractivity contribution >= 4 is 31.7 Å². The largest absolute Gasteiger partial charge is 0.540 e. The molecule has 2 heterocycles. The van der Waals surface area contributed by atoms with Gasteiger partial charge in [-0.2, -0.15) is 0 Å². The molecule has 2 aromatic rings. The van der Waals surface area contributed by atoms with Crippen molar-refractivity contribution in [2.24, 2.45) is 4.99 Å². The van der Waals surface area contributed by atoms with E-state index in [-0.39, 0.29) is 11.9 Å². The smallest absolute Gasteiger partial charge is 0.260 e. The van der Waals surface area contributed by atoms with Gasteiger partial charge in [0.1, 0.15) is 5.75 Å². The number of nitrogens with zero attached hydrogens (tertiary/aromatic N) is 2. The average molecular weight is 505 g/mol. The lowest BCUT2D eigenvalue weighted by atomic mass is 10.0. The number of amides is 1. The van der Waals surface area contributed by atoms with Gasteiger partial charge in [-0.25, -0.2) is 0 Å². The third-order valence-corrected chi connectivity index (χ3v) is 13.9. The van der Waals surface area contributed by atoms with Crippen LogP contribution in [-0.4, -0.2) is 38.5 Å². The van der Waals surface area contributed by atoms with Crippen LogP contribution >= 0.6 is 0 Å². The van der Waals surface area contributed by atoms with Crippen molar-refractivity contribution < 1.29 is 14.0 Å². The maximum absolute atomic E-state index is 13.7. The van der Waals surface area contributed by atoms with Gasteiger partial charge in [-0.15, -0.1) is 0 Å². The summed E-state index contributed by atoms with van der Waals surface area (Å²) in [5, 5.41) is 0. The molecule has 2 aliphatic heterocycles. The molecule has 0 spiro atoms. The van der Waals surface area contributed by atoms with Gasteiger partial charge in [0.2, 0.25) is 0 Å². The van der Waals surface area contributed by atoms with E-state index in [1.807, 2.05) is 29.4 Å². The number of hydrogen-bond donors (Lipinski definition) is 0. The number of hydrogen-bond acceptors (Lipinski definition) is 4. The fourth-order valence-electron chi connectivity index (χ4n) is 6.04. The van der Waals surface area contributed by atoms with E-state index >= 15 is 0 Å². The minimum atomic E-state index is -2.20. The lowest BCUT2D eigenvalue weighted by Crippen LogP contribution is -2.50. The van der Waals surface area contributed by atoms with Crippen molar-refractivity contribution in [3.8, 4) is 11.5 Å². The Kier molecular flexibility index (Phi) is 7.46. The van der Waals surface area contributed by atoms with Gasteiger partial charge in [0.15, 0.2) is 5.75 Å². The zero-order valence-corrected chi connectivity index (χ0v) is 24.0. The van der Waals surface area contributed by atoms with Gasteiger partial charge < -0.3 is 14.1 Å². The Balaban J connectivity index is 1.70. The molecule has 1 atom stereocenters. The molecule has 0 aromatic heterocycles. The van der Waals surface area contributed by atoms with Crippen LogP contribution in [-0.2, 0) is 6.42 Å². The second kappa shape index (κ2) is 10.2. The molecule has 0 N–H and O–H groups in total. The predicted molar refractivity (Wildman–Crippen MR) is 151 cm³/mol. The van der Waals surface area contributed by atoms with Crippen LogP contribution in [0.4, 0.5) is 5.69 Å². The first kappa shape index (κ1) is 26.2. The van der Waals surface area contributed by atoms with E-state index in [4.69, 9.17) is 14.2 Å². The lowest BCUT2D eigenvalue weighted by molar-refractivity contribution is 0.0817. The molecule has 0 radical (unpaired) electrons. The van der Waals surface area contributed by atoms with E-state index in [1.54, 1.807) is 7.11 Å². The Morgan fingerprint density at radius 1 is 1.00 bits per heavy atom. The van der Waals surface area contributed by atoms with Crippen molar-refractivity contribution in [1.82, 2.24) is 4.90 Å². The van der Waals surface area contributed by atoms with Gasteiger partial charge in [-0.3, -0.25) is 9.79 Å². The Morgan fingerprint density at radius 2 is 1.64 bits per heavy atom. The van der Waals surface area contributed by atoms with E-state index in [9.17, 15) is 4.79 Å². The van der Waals surface area contributed by atoms with Gasteiger partial charge in [0.05, 0.1) is 24.4 Å². The van der Waals surface area contributed by atoms with Gasteiger partial charge in [-0.05, 0) is 45.8 Å². The normalized spacial score (nSPS) is 17.4. The predicted octanol–water partition coefficient (Wildman–Crippen LogP) is 7.78. The highest BCUT2D eigenvalue weighted by atomic mass is 28.4. The molecule has 0 unspecified atom stereocenters. The van der Waals surface area contributed by atoms with Gasteiger partial charge in [0.25, 0.3) is 14.2 Å². The van der Waals surface area contributed by atoms with Crippen molar-refractivity contribution in [3.05, 3.63) is 59.3 Å². The van der Waals surface area contributed by atoms with Crippen molar-refractivity contribution in [3.63, 3.8) is 0 Å². The maximum Gasteiger partial charge on any atom is 0.260 e. The molecule has 0 fully saturated rings. The fraction of sp³-hybridized carbons (Fsp3) is 0.467. The summed E-state index contributed by atoms with van der Waals surface area (Å²) in [6, 6.07) is 12.2.